The second-order valence-corrected chi connectivity index (χ2v) is 7.34. The van der Waals surface area contributed by atoms with Crippen LogP contribution < -0.4 is 0 Å². The Morgan fingerprint density at radius 2 is 1.68 bits per heavy atom. The SMILES string of the molecule is Cc1nnc(S[C@H](C(=O)c2ccccc2)c2ccccc2)n1C1CC1. The van der Waals surface area contributed by atoms with Gasteiger partial charge in [-0.1, -0.05) is 72.4 Å². The van der Waals surface area contributed by atoms with Gasteiger partial charge in [-0.25, -0.2) is 0 Å². The molecule has 25 heavy (non-hydrogen) atoms. The standard InChI is InChI=1S/C20H19N3OS/c1-14-21-22-20(23(14)17-12-13-17)25-19(16-10-6-3-7-11-16)18(24)15-8-4-2-5-9-15/h2-11,17,19H,12-13H2,1H3/t19-/m0/s1. The molecule has 0 bridgehead atoms. The number of hydrogen-bond donors (Lipinski definition) is 0. The minimum atomic E-state index is -0.329. The molecule has 2 aromatic carbocycles. The maximum atomic E-state index is 13.2. The molecule has 1 saturated carbocycles. The third-order valence-electron chi connectivity index (χ3n) is 4.37. The van der Waals surface area contributed by atoms with Crippen molar-refractivity contribution in [2.75, 3.05) is 0 Å². The fraction of sp³-hybridized carbons (Fsp3) is 0.250. The van der Waals surface area contributed by atoms with Crippen molar-refractivity contribution in [2.45, 2.75) is 36.2 Å². The van der Waals surface area contributed by atoms with Gasteiger partial charge in [0.1, 0.15) is 11.1 Å². The van der Waals surface area contributed by atoms with Crippen molar-refractivity contribution in [3.8, 4) is 0 Å². The molecule has 126 valence electrons. The molecule has 5 heteroatoms. The number of ketones is 1. The molecule has 0 N–H and O–H groups in total. The third kappa shape index (κ3) is 3.37. The monoisotopic (exact) mass is 349 g/mol. The Morgan fingerprint density at radius 3 is 2.32 bits per heavy atom. The minimum absolute atomic E-state index is 0.0970. The quantitative estimate of drug-likeness (QED) is 0.480. The van der Waals surface area contributed by atoms with Crippen molar-refractivity contribution >= 4 is 17.5 Å². The molecule has 4 nitrogen and oxygen atoms in total. The number of carbonyl (C=O) groups is 1. The van der Waals surface area contributed by atoms with E-state index in [4.69, 9.17) is 0 Å². The van der Waals surface area contributed by atoms with E-state index in [1.807, 2.05) is 67.6 Å². The summed E-state index contributed by atoms with van der Waals surface area (Å²) >= 11 is 1.50. The Bertz CT molecular complexity index is 872. The van der Waals surface area contributed by atoms with Crippen molar-refractivity contribution in [1.82, 2.24) is 14.8 Å². The molecule has 0 radical (unpaired) electrons. The van der Waals surface area contributed by atoms with Gasteiger partial charge in [0.05, 0.1) is 0 Å². The number of thioether (sulfide) groups is 1. The van der Waals surface area contributed by atoms with E-state index in [2.05, 4.69) is 14.8 Å². The highest BCUT2D eigenvalue weighted by atomic mass is 32.2. The predicted octanol–water partition coefficient (Wildman–Crippen LogP) is 4.64. The van der Waals surface area contributed by atoms with E-state index < -0.39 is 0 Å². The number of nitrogens with zero attached hydrogens (tertiary/aromatic N) is 3. The van der Waals surface area contributed by atoms with E-state index >= 15 is 0 Å². The Labute approximate surface area is 151 Å². The van der Waals surface area contributed by atoms with Crippen molar-refractivity contribution in [1.29, 1.82) is 0 Å². The summed E-state index contributed by atoms with van der Waals surface area (Å²) in [5.74, 6) is 1.02. The van der Waals surface area contributed by atoms with Crippen LogP contribution in [-0.4, -0.2) is 20.5 Å². The van der Waals surface area contributed by atoms with Gasteiger partial charge in [0.15, 0.2) is 10.9 Å². The number of rotatable bonds is 6. The van der Waals surface area contributed by atoms with Crippen LogP contribution in [0.4, 0.5) is 0 Å². The lowest BCUT2D eigenvalue weighted by Gasteiger charge is -2.16. The Hall–Kier alpha value is -2.40. The van der Waals surface area contributed by atoms with Gasteiger partial charge in [-0.15, -0.1) is 10.2 Å². The molecular formula is C20H19N3OS. The van der Waals surface area contributed by atoms with E-state index in [0.29, 0.717) is 6.04 Å². The van der Waals surface area contributed by atoms with Gasteiger partial charge in [0.2, 0.25) is 0 Å². The lowest BCUT2D eigenvalue weighted by atomic mass is 10.0. The van der Waals surface area contributed by atoms with Gasteiger partial charge in [-0.2, -0.15) is 0 Å². The van der Waals surface area contributed by atoms with E-state index in [1.165, 1.54) is 11.8 Å². The largest absolute Gasteiger partial charge is 0.303 e. The number of aryl methyl sites for hydroxylation is 1. The van der Waals surface area contributed by atoms with Gasteiger partial charge in [0.25, 0.3) is 0 Å². The first-order valence-electron chi connectivity index (χ1n) is 8.46. The maximum absolute atomic E-state index is 13.2. The molecule has 1 fully saturated rings. The molecule has 1 heterocycles. The smallest absolute Gasteiger partial charge is 0.192 e. The van der Waals surface area contributed by atoms with E-state index in [0.717, 1.165) is 34.9 Å². The van der Waals surface area contributed by atoms with Crippen LogP contribution in [0.3, 0.4) is 0 Å². The third-order valence-corrected chi connectivity index (χ3v) is 5.58. The summed E-state index contributed by atoms with van der Waals surface area (Å²) in [4.78, 5) is 13.2. The number of carbonyl (C=O) groups excluding carboxylic acids is 1. The van der Waals surface area contributed by atoms with E-state index in [1.54, 1.807) is 0 Å². The van der Waals surface area contributed by atoms with Gasteiger partial charge in [-0.05, 0) is 25.3 Å². The van der Waals surface area contributed by atoms with E-state index in [9.17, 15) is 4.79 Å². The summed E-state index contributed by atoms with van der Waals surface area (Å²) in [5.41, 5.74) is 1.71. The van der Waals surface area contributed by atoms with Crippen molar-refractivity contribution in [3.05, 3.63) is 77.6 Å². The zero-order chi connectivity index (χ0) is 17.2. The van der Waals surface area contributed by atoms with Crippen LogP contribution in [0.1, 0.15) is 45.9 Å². The van der Waals surface area contributed by atoms with Crippen LogP contribution >= 0.6 is 11.8 Å². The van der Waals surface area contributed by atoms with Crippen molar-refractivity contribution < 1.29 is 4.79 Å². The second-order valence-electron chi connectivity index (χ2n) is 6.27. The molecule has 1 atom stereocenters. The Kier molecular flexibility index (Phi) is 4.40. The van der Waals surface area contributed by atoms with Crippen molar-refractivity contribution in [2.24, 2.45) is 0 Å². The summed E-state index contributed by atoms with van der Waals surface area (Å²) in [6.45, 7) is 1.98. The molecule has 0 unspecified atom stereocenters. The minimum Gasteiger partial charge on any atom is -0.303 e. The lowest BCUT2D eigenvalue weighted by Crippen LogP contribution is -2.11. The maximum Gasteiger partial charge on any atom is 0.192 e. The summed E-state index contributed by atoms with van der Waals surface area (Å²) in [6, 6.07) is 19.9. The first-order chi connectivity index (χ1) is 12.2. The summed E-state index contributed by atoms with van der Waals surface area (Å²) in [5, 5.41) is 9.08. The number of aromatic nitrogens is 3. The highest BCUT2D eigenvalue weighted by molar-refractivity contribution is 8.00. The summed E-state index contributed by atoms with van der Waals surface area (Å²) in [6.07, 6.45) is 2.32. The van der Waals surface area contributed by atoms with Crippen LogP contribution in [0.5, 0.6) is 0 Å². The zero-order valence-electron chi connectivity index (χ0n) is 14.0. The van der Waals surface area contributed by atoms with Gasteiger partial charge < -0.3 is 4.57 Å². The molecule has 1 aliphatic carbocycles. The van der Waals surface area contributed by atoms with Crippen LogP contribution in [-0.2, 0) is 0 Å². The van der Waals surface area contributed by atoms with Crippen LogP contribution in [0.25, 0.3) is 0 Å². The molecular weight excluding hydrogens is 330 g/mol. The predicted molar refractivity (Wildman–Crippen MR) is 98.8 cm³/mol. The fourth-order valence-electron chi connectivity index (χ4n) is 2.94. The average Bonchev–Trinajstić information content (AvgIpc) is 3.43. The molecule has 3 aromatic rings. The van der Waals surface area contributed by atoms with Crippen LogP contribution in [0.2, 0.25) is 0 Å². The molecule has 1 aromatic heterocycles. The van der Waals surface area contributed by atoms with Gasteiger partial charge >= 0.3 is 0 Å². The summed E-state index contributed by atoms with van der Waals surface area (Å²) < 4.78 is 2.18. The fourth-order valence-corrected chi connectivity index (χ4v) is 4.17. The number of Topliss-reactive ketones (excluding diaryl/α,β-unsaturated/α-hetero) is 1. The topological polar surface area (TPSA) is 47.8 Å². The first-order valence-corrected chi connectivity index (χ1v) is 9.34. The average molecular weight is 349 g/mol. The lowest BCUT2D eigenvalue weighted by molar-refractivity contribution is 0.0989. The molecule has 1 aliphatic rings. The second kappa shape index (κ2) is 6.84. The Balaban J connectivity index is 1.70. The Morgan fingerprint density at radius 1 is 1.04 bits per heavy atom. The molecule has 0 saturated heterocycles. The first kappa shape index (κ1) is 16.1. The molecule has 0 amide bonds. The molecule has 0 spiro atoms. The molecule has 4 rings (SSSR count). The van der Waals surface area contributed by atoms with Crippen molar-refractivity contribution in [3.63, 3.8) is 0 Å². The number of hydrogen-bond acceptors (Lipinski definition) is 4. The van der Waals surface area contributed by atoms with Crippen LogP contribution in [0.15, 0.2) is 65.8 Å². The highest BCUT2D eigenvalue weighted by Crippen LogP contribution is 2.43. The number of benzene rings is 2. The van der Waals surface area contributed by atoms with Gasteiger partial charge in [0, 0.05) is 11.6 Å². The zero-order valence-corrected chi connectivity index (χ0v) is 14.8. The van der Waals surface area contributed by atoms with E-state index in [-0.39, 0.29) is 11.0 Å². The normalized spacial score (nSPS) is 15.1. The highest BCUT2D eigenvalue weighted by Gasteiger charge is 2.31. The van der Waals surface area contributed by atoms with Gasteiger partial charge in [-0.3, -0.25) is 4.79 Å². The molecule has 0 aliphatic heterocycles. The van der Waals surface area contributed by atoms with Crippen LogP contribution in [0, 0.1) is 6.92 Å². The summed E-state index contributed by atoms with van der Waals surface area (Å²) in [7, 11) is 0.